The molecule has 2 rings (SSSR count). The van der Waals surface area contributed by atoms with Crippen LogP contribution >= 0.6 is 0 Å². The number of carbonyl (C=O) groups excluding carboxylic acids is 1. The number of hydrogen-bond acceptors (Lipinski definition) is 3. The van der Waals surface area contributed by atoms with E-state index in [1.54, 1.807) is 6.08 Å². The van der Waals surface area contributed by atoms with Crippen LogP contribution in [0.3, 0.4) is 0 Å². The highest BCUT2D eigenvalue weighted by Gasteiger charge is 2.24. The van der Waals surface area contributed by atoms with E-state index in [9.17, 15) is 4.79 Å². The van der Waals surface area contributed by atoms with Gasteiger partial charge in [-0.1, -0.05) is 12.2 Å². The van der Waals surface area contributed by atoms with Crippen molar-refractivity contribution < 1.29 is 4.79 Å². The summed E-state index contributed by atoms with van der Waals surface area (Å²) in [6, 6.07) is -0.430. The van der Waals surface area contributed by atoms with Gasteiger partial charge in [0.15, 0.2) is 5.78 Å². The van der Waals surface area contributed by atoms with Crippen LogP contribution in [0, 0.1) is 0 Å². The van der Waals surface area contributed by atoms with E-state index in [-0.39, 0.29) is 5.78 Å². The topological polar surface area (TPSA) is 46.3 Å². The Labute approximate surface area is 77.9 Å². The molecule has 2 N–H and O–H groups in total. The summed E-state index contributed by atoms with van der Waals surface area (Å²) in [6.45, 7) is 2.00. The van der Waals surface area contributed by atoms with Crippen molar-refractivity contribution in [3.05, 3.63) is 23.9 Å². The molecule has 2 aliphatic rings. The minimum Gasteiger partial charge on any atom is -0.369 e. The van der Waals surface area contributed by atoms with Crippen LogP contribution in [0.4, 0.5) is 0 Å². The molecule has 0 aromatic heterocycles. The summed E-state index contributed by atoms with van der Waals surface area (Å²) in [5.41, 5.74) is 6.43. The summed E-state index contributed by atoms with van der Waals surface area (Å²) in [5, 5.41) is 0. The van der Waals surface area contributed by atoms with E-state index in [1.165, 1.54) is 12.8 Å². The number of allylic oxidation sites excluding steroid dienone is 2. The van der Waals surface area contributed by atoms with Gasteiger partial charge in [-0.15, -0.1) is 0 Å². The van der Waals surface area contributed by atoms with Crippen molar-refractivity contribution in [3.8, 4) is 0 Å². The maximum atomic E-state index is 11.6. The zero-order valence-corrected chi connectivity index (χ0v) is 7.57. The molecular formula is C10H14N2O. The van der Waals surface area contributed by atoms with Crippen LogP contribution in [0.15, 0.2) is 23.9 Å². The fourth-order valence-corrected chi connectivity index (χ4v) is 1.83. The van der Waals surface area contributed by atoms with Crippen LogP contribution in [0.5, 0.6) is 0 Å². The number of rotatable bonds is 1. The summed E-state index contributed by atoms with van der Waals surface area (Å²) in [5.74, 6) is 0.0596. The summed E-state index contributed by atoms with van der Waals surface area (Å²) in [6.07, 6.45) is 7.85. The zero-order valence-electron chi connectivity index (χ0n) is 7.57. The van der Waals surface area contributed by atoms with Gasteiger partial charge >= 0.3 is 0 Å². The smallest absolute Gasteiger partial charge is 0.199 e. The highest BCUT2D eigenvalue weighted by atomic mass is 16.1. The highest BCUT2D eigenvalue weighted by molar-refractivity contribution is 6.01. The molecule has 1 heterocycles. The lowest BCUT2D eigenvalue weighted by molar-refractivity contribution is -0.117. The zero-order chi connectivity index (χ0) is 9.26. The summed E-state index contributed by atoms with van der Waals surface area (Å²) in [7, 11) is 0. The molecule has 3 nitrogen and oxygen atoms in total. The molecule has 0 radical (unpaired) electrons. The van der Waals surface area contributed by atoms with Gasteiger partial charge in [0.1, 0.15) is 0 Å². The lowest BCUT2D eigenvalue weighted by Gasteiger charge is -2.23. The molecule has 1 aliphatic carbocycles. The minimum absolute atomic E-state index is 0.0596. The highest BCUT2D eigenvalue weighted by Crippen LogP contribution is 2.18. The molecule has 70 valence electrons. The number of Topliss-reactive ketones (excluding diaryl/α,β-unsaturated/α-hetero) is 1. The number of likely N-dealkylation sites (tertiary alicyclic amines) is 1. The first-order valence-corrected chi connectivity index (χ1v) is 4.72. The first-order valence-electron chi connectivity index (χ1n) is 4.72. The predicted octanol–water partition coefficient (Wildman–Crippen LogP) is 0.432. The first kappa shape index (κ1) is 8.51. The third kappa shape index (κ3) is 1.52. The van der Waals surface area contributed by atoms with Gasteiger partial charge < -0.3 is 10.6 Å². The van der Waals surface area contributed by atoms with E-state index >= 15 is 0 Å². The van der Waals surface area contributed by atoms with Crippen molar-refractivity contribution in [1.29, 1.82) is 0 Å². The molecule has 0 aromatic rings. The molecule has 1 atom stereocenters. The second kappa shape index (κ2) is 3.34. The Morgan fingerprint density at radius 1 is 1.38 bits per heavy atom. The average Bonchev–Trinajstić information content (AvgIpc) is 2.62. The van der Waals surface area contributed by atoms with Crippen molar-refractivity contribution in [2.24, 2.45) is 5.73 Å². The van der Waals surface area contributed by atoms with Crippen LogP contribution in [0.1, 0.15) is 12.8 Å². The Hall–Kier alpha value is -1.09. The van der Waals surface area contributed by atoms with Crippen LogP contribution in [-0.2, 0) is 4.79 Å². The van der Waals surface area contributed by atoms with Gasteiger partial charge in [0.2, 0.25) is 0 Å². The number of nitrogens with two attached hydrogens (primary N) is 1. The normalized spacial score (nSPS) is 28.1. The Morgan fingerprint density at radius 3 is 2.77 bits per heavy atom. The second-order valence-electron chi connectivity index (χ2n) is 3.52. The molecule has 0 bridgehead atoms. The molecule has 13 heavy (non-hydrogen) atoms. The average molecular weight is 178 g/mol. The molecule has 1 aliphatic heterocycles. The van der Waals surface area contributed by atoms with E-state index in [0.717, 1.165) is 18.8 Å². The molecule has 0 saturated carbocycles. The largest absolute Gasteiger partial charge is 0.369 e. The van der Waals surface area contributed by atoms with Crippen molar-refractivity contribution in [3.63, 3.8) is 0 Å². The molecule has 0 spiro atoms. The third-order valence-corrected chi connectivity index (χ3v) is 2.57. The van der Waals surface area contributed by atoms with Gasteiger partial charge in [-0.05, 0) is 18.9 Å². The maximum Gasteiger partial charge on any atom is 0.199 e. The fourth-order valence-electron chi connectivity index (χ4n) is 1.83. The lowest BCUT2D eigenvalue weighted by atomic mass is 10.0. The Bertz CT molecular complexity index is 275. The van der Waals surface area contributed by atoms with Crippen LogP contribution in [0.2, 0.25) is 0 Å². The quantitative estimate of drug-likeness (QED) is 0.633. The molecule has 1 saturated heterocycles. The Balaban J connectivity index is 2.17. The van der Waals surface area contributed by atoms with E-state index in [2.05, 4.69) is 4.90 Å². The molecular weight excluding hydrogens is 164 g/mol. The van der Waals surface area contributed by atoms with Gasteiger partial charge in [-0.2, -0.15) is 0 Å². The molecule has 0 aromatic carbocycles. The number of carbonyl (C=O) groups is 1. The van der Waals surface area contributed by atoms with Crippen molar-refractivity contribution >= 4 is 5.78 Å². The fraction of sp³-hybridized carbons (Fsp3) is 0.500. The molecule has 1 unspecified atom stereocenters. The summed E-state index contributed by atoms with van der Waals surface area (Å²) >= 11 is 0. The first-order chi connectivity index (χ1) is 6.29. The van der Waals surface area contributed by atoms with E-state index in [0.29, 0.717) is 0 Å². The number of ketones is 1. The summed E-state index contributed by atoms with van der Waals surface area (Å²) in [4.78, 5) is 13.8. The van der Waals surface area contributed by atoms with Crippen LogP contribution < -0.4 is 5.73 Å². The monoisotopic (exact) mass is 178 g/mol. The lowest BCUT2D eigenvalue weighted by Crippen LogP contribution is -2.37. The Morgan fingerprint density at radius 2 is 2.08 bits per heavy atom. The van der Waals surface area contributed by atoms with Crippen molar-refractivity contribution in [1.82, 2.24) is 4.90 Å². The van der Waals surface area contributed by atoms with Gasteiger partial charge in [0, 0.05) is 13.1 Å². The maximum absolute atomic E-state index is 11.6. The van der Waals surface area contributed by atoms with E-state index in [1.807, 2.05) is 12.2 Å². The van der Waals surface area contributed by atoms with E-state index < -0.39 is 6.04 Å². The third-order valence-electron chi connectivity index (χ3n) is 2.57. The SMILES string of the molecule is NC1C=CC=C(N2CCCC2)C1=O. The standard InChI is InChI=1S/C10H14N2O/c11-8-4-3-5-9(10(8)13)12-6-1-2-7-12/h3-5,8H,1-2,6-7,11H2. The molecule has 3 heteroatoms. The number of nitrogens with zero attached hydrogens (tertiary/aromatic N) is 1. The van der Waals surface area contributed by atoms with Crippen LogP contribution in [-0.4, -0.2) is 29.8 Å². The predicted molar refractivity (Wildman–Crippen MR) is 51.0 cm³/mol. The van der Waals surface area contributed by atoms with Gasteiger partial charge in [-0.25, -0.2) is 0 Å². The second-order valence-corrected chi connectivity index (χ2v) is 3.52. The summed E-state index contributed by atoms with van der Waals surface area (Å²) < 4.78 is 0. The van der Waals surface area contributed by atoms with Gasteiger partial charge in [0.25, 0.3) is 0 Å². The number of hydrogen-bond donors (Lipinski definition) is 1. The Kier molecular flexibility index (Phi) is 2.19. The van der Waals surface area contributed by atoms with Crippen molar-refractivity contribution in [2.75, 3.05) is 13.1 Å². The van der Waals surface area contributed by atoms with E-state index in [4.69, 9.17) is 5.73 Å². The van der Waals surface area contributed by atoms with Gasteiger partial charge in [-0.3, -0.25) is 4.79 Å². The minimum atomic E-state index is -0.430. The van der Waals surface area contributed by atoms with Gasteiger partial charge in [0.05, 0.1) is 11.7 Å². The molecule has 1 fully saturated rings. The molecule has 0 amide bonds. The van der Waals surface area contributed by atoms with Crippen LogP contribution in [0.25, 0.3) is 0 Å². The van der Waals surface area contributed by atoms with Crippen molar-refractivity contribution in [2.45, 2.75) is 18.9 Å².